The molecule has 5 heterocycles. The number of benzene rings is 7. The van der Waals surface area contributed by atoms with Crippen LogP contribution in [0.3, 0.4) is 0 Å². The quantitative estimate of drug-likeness (QED) is 0.175. The Morgan fingerprint density at radius 2 is 0.982 bits per heavy atom. The van der Waals surface area contributed by atoms with E-state index in [4.69, 9.17) is 23.8 Å². The Hall–Kier alpha value is -7.90. The van der Waals surface area contributed by atoms with Crippen LogP contribution in [-0.2, 0) is 0 Å². The first-order chi connectivity index (χ1) is 28.2. The highest BCUT2D eigenvalue weighted by molar-refractivity contribution is 6.10. The first-order valence-corrected chi connectivity index (χ1v) is 18.9. The molecule has 12 rings (SSSR count). The molecule has 0 aliphatic rings. The molecule has 0 spiro atoms. The van der Waals surface area contributed by atoms with Crippen molar-refractivity contribution in [1.29, 1.82) is 0 Å². The average molecular weight is 732 g/mol. The van der Waals surface area contributed by atoms with Crippen molar-refractivity contribution < 1.29 is 8.83 Å². The maximum atomic E-state index is 6.37. The van der Waals surface area contributed by atoms with E-state index < -0.39 is 0 Å². The van der Waals surface area contributed by atoms with Crippen molar-refractivity contribution in [2.75, 3.05) is 0 Å². The van der Waals surface area contributed by atoms with Crippen LogP contribution in [-0.4, -0.2) is 24.5 Å². The third-order valence-electron chi connectivity index (χ3n) is 11.0. The van der Waals surface area contributed by atoms with Crippen LogP contribution in [0.15, 0.2) is 185 Å². The molecule has 57 heavy (non-hydrogen) atoms. The monoisotopic (exact) mass is 731 g/mol. The Morgan fingerprint density at radius 3 is 1.77 bits per heavy atom. The number of pyridine rings is 1. The molecule has 0 radical (unpaired) electrons. The molecule has 5 aromatic heterocycles. The minimum Gasteiger partial charge on any atom is -0.456 e. The van der Waals surface area contributed by atoms with Crippen LogP contribution in [0.25, 0.3) is 117 Å². The van der Waals surface area contributed by atoms with Gasteiger partial charge in [-0.25, -0.2) is 15.0 Å². The number of rotatable bonds is 5. The lowest BCUT2D eigenvalue weighted by molar-refractivity contribution is 0.668. The number of nitrogens with zero attached hydrogens (tertiary/aromatic N) is 5. The van der Waals surface area contributed by atoms with E-state index in [0.717, 1.165) is 88.4 Å². The number of hydrogen-bond donors (Lipinski definition) is 0. The van der Waals surface area contributed by atoms with E-state index in [-0.39, 0.29) is 0 Å². The number of aromatic nitrogens is 5. The van der Waals surface area contributed by atoms with Gasteiger partial charge >= 0.3 is 0 Å². The highest BCUT2D eigenvalue weighted by Gasteiger charge is 2.18. The van der Waals surface area contributed by atoms with Crippen LogP contribution in [0, 0.1) is 0 Å². The molecule has 0 saturated heterocycles. The fraction of sp³-hybridized carbons (Fsp3) is 0. The maximum absolute atomic E-state index is 6.37. The van der Waals surface area contributed by atoms with Crippen molar-refractivity contribution in [3.63, 3.8) is 0 Å². The van der Waals surface area contributed by atoms with E-state index in [1.54, 1.807) is 6.20 Å². The van der Waals surface area contributed by atoms with Crippen molar-refractivity contribution in [2.24, 2.45) is 0 Å². The van der Waals surface area contributed by atoms with E-state index in [1.165, 1.54) is 10.8 Å². The zero-order valence-electron chi connectivity index (χ0n) is 30.3. The van der Waals surface area contributed by atoms with Gasteiger partial charge in [-0.1, -0.05) is 115 Å². The van der Waals surface area contributed by atoms with Crippen molar-refractivity contribution in [1.82, 2.24) is 24.5 Å². The lowest BCUT2D eigenvalue weighted by Gasteiger charge is -2.12. The highest BCUT2D eigenvalue weighted by atomic mass is 16.3. The topological polar surface area (TPSA) is 82.8 Å². The third kappa shape index (κ3) is 4.99. The summed E-state index contributed by atoms with van der Waals surface area (Å²) in [5.41, 5.74) is 11.2. The number of fused-ring (bicyclic) bond motifs is 9. The largest absolute Gasteiger partial charge is 0.456 e. The fourth-order valence-electron chi connectivity index (χ4n) is 8.28. The summed E-state index contributed by atoms with van der Waals surface area (Å²) in [5.74, 6) is 1.69. The Kier molecular flexibility index (Phi) is 6.79. The SMILES string of the molecule is c1cc(-c2nc(-c3ccc(-c4cccc5c4oc4ccccc45)cc3)nc(-c3ccc4c(c3)oc3ccncc34)n2)cc(-n2c3ccccc3c3ccccc32)c1. The number of para-hydroxylation sites is 4. The summed E-state index contributed by atoms with van der Waals surface area (Å²) < 4.78 is 14.9. The minimum absolute atomic E-state index is 0.550. The lowest BCUT2D eigenvalue weighted by atomic mass is 10.0. The zero-order chi connectivity index (χ0) is 37.5. The van der Waals surface area contributed by atoms with Gasteiger partial charge in [-0.05, 0) is 54.1 Å². The normalized spacial score (nSPS) is 11.9. The van der Waals surface area contributed by atoms with Gasteiger partial charge in [0.1, 0.15) is 22.3 Å². The molecule has 12 aromatic rings. The molecule has 0 aliphatic heterocycles. The van der Waals surface area contributed by atoms with E-state index >= 15 is 0 Å². The second-order valence-corrected chi connectivity index (χ2v) is 14.3. The lowest BCUT2D eigenvalue weighted by Crippen LogP contribution is -2.01. The van der Waals surface area contributed by atoms with Gasteiger partial charge < -0.3 is 13.4 Å². The molecule has 0 amide bonds. The molecule has 7 heteroatoms. The molecule has 0 saturated carbocycles. The molecule has 7 nitrogen and oxygen atoms in total. The molecule has 0 bridgehead atoms. The first-order valence-electron chi connectivity index (χ1n) is 18.9. The number of hydrogen-bond acceptors (Lipinski definition) is 6. The smallest absolute Gasteiger partial charge is 0.164 e. The van der Waals surface area contributed by atoms with Crippen LogP contribution in [0.5, 0.6) is 0 Å². The summed E-state index contributed by atoms with van der Waals surface area (Å²) in [6, 6.07) is 56.3. The van der Waals surface area contributed by atoms with Crippen molar-refractivity contribution in [3.05, 3.63) is 176 Å². The van der Waals surface area contributed by atoms with Crippen molar-refractivity contribution in [2.45, 2.75) is 0 Å². The van der Waals surface area contributed by atoms with Crippen LogP contribution in [0.2, 0.25) is 0 Å². The molecule has 0 fully saturated rings. The van der Waals surface area contributed by atoms with Crippen molar-refractivity contribution >= 4 is 65.7 Å². The molecular formula is C50H29N5O2. The summed E-state index contributed by atoms with van der Waals surface area (Å²) in [6.07, 6.45) is 3.58. The highest BCUT2D eigenvalue weighted by Crippen LogP contribution is 2.38. The van der Waals surface area contributed by atoms with Gasteiger partial charge in [0, 0.05) is 72.7 Å². The molecule has 0 unspecified atom stereocenters. The summed E-state index contributed by atoms with van der Waals surface area (Å²) in [5, 5.41) is 6.58. The molecule has 266 valence electrons. The average Bonchev–Trinajstić information content (AvgIpc) is 3.96. The van der Waals surface area contributed by atoms with E-state index in [9.17, 15) is 0 Å². The molecule has 0 aliphatic carbocycles. The summed E-state index contributed by atoms with van der Waals surface area (Å²) in [4.78, 5) is 19.7. The molecular weight excluding hydrogens is 703 g/mol. The Balaban J connectivity index is 1.01. The molecule has 0 atom stereocenters. The summed E-state index contributed by atoms with van der Waals surface area (Å²) in [6.45, 7) is 0. The van der Waals surface area contributed by atoms with Crippen LogP contribution in [0.4, 0.5) is 0 Å². The number of furan rings is 2. The predicted octanol–water partition coefficient (Wildman–Crippen LogP) is 12.8. The standard InChI is InChI=1S/C50H29N5O2/c1-4-16-42-36(11-1)37-12-2-5-17-43(37)55(42)34-10-7-9-32(27-34)49-52-48(53-50(54-49)33-23-24-39-41-29-51-26-25-45(41)56-46(39)28-33)31-21-19-30(20-22-31)35-14-8-15-40-38-13-3-6-18-44(38)57-47(35)40/h1-29H. The van der Waals surface area contributed by atoms with Gasteiger partial charge in [-0.15, -0.1) is 0 Å². The first kappa shape index (κ1) is 31.5. The van der Waals surface area contributed by atoms with Gasteiger partial charge in [-0.3, -0.25) is 4.98 Å². The van der Waals surface area contributed by atoms with Crippen LogP contribution >= 0.6 is 0 Å². The van der Waals surface area contributed by atoms with E-state index in [1.807, 2.05) is 42.6 Å². The minimum atomic E-state index is 0.550. The Labute approximate surface area is 325 Å². The fourth-order valence-corrected chi connectivity index (χ4v) is 8.28. The van der Waals surface area contributed by atoms with Gasteiger partial charge in [-0.2, -0.15) is 0 Å². The summed E-state index contributed by atoms with van der Waals surface area (Å²) >= 11 is 0. The van der Waals surface area contributed by atoms with Gasteiger partial charge in [0.05, 0.1) is 11.0 Å². The third-order valence-corrected chi connectivity index (χ3v) is 11.0. The van der Waals surface area contributed by atoms with Crippen molar-refractivity contribution in [3.8, 4) is 51.0 Å². The zero-order valence-corrected chi connectivity index (χ0v) is 30.3. The molecule has 0 N–H and O–H groups in total. The Bertz CT molecular complexity index is 3490. The van der Waals surface area contributed by atoms with Gasteiger partial charge in [0.25, 0.3) is 0 Å². The van der Waals surface area contributed by atoms with Crippen LogP contribution < -0.4 is 0 Å². The van der Waals surface area contributed by atoms with E-state index in [2.05, 4.69) is 137 Å². The van der Waals surface area contributed by atoms with E-state index in [0.29, 0.717) is 17.5 Å². The maximum Gasteiger partial charge on any atom is 0.164 e. The Morgan fingerprint density at radius 1 is 0.386 bits per heavy atom. The molecule has 7 aromatic carbocycles. The predicted molar refractivity (Wildman–Crippen MR) is 228 cm³/mol. The second kappa shape index (κ2) is 12.3. The second-order valence-electron chi connectivity index (χ2n) is 14.3. The van der Waals surface area contributed by atoms with Gasteiger partial charge in [0.2, 0.25) is 0 Å². The van der Waals surface area contributed by atoms with Gasteiger partial charge in [0.15, 0.2) is 17.5 Å². The van der Waals surface area contributed by atoms with Crippen LogP contribution in [0.1, 0.15) is 0 Å². The summed E-state index contributed by atoms with van der Waals surface area (Å²) in [7, 11) is 0.